The van der Waals surface area contributed by atoms with E-state index in [1.54, 1.807) is 13.8 Å². The third-order valence-corrected chi connectivity index (χ3v) is 4.41. The molecule has 0 aromatic carbocycles. The van der Waals surface area contributed by atoms with Crippen LogP contribution in [0, 0.1) is 0 Å². The molecule has 0 aromatic rings. The van der Waals surface area contributed by atoms with Gasteiger partial charge in [0, 0.05) is 12.8 Å². The van der Waals surface area contributed by atoms with Gasteiger partial charge < -0.3 is 10.1 Å². The van der Waals surface area contributed by atoms with Crippen LogP contribution >= 0.6 is 0 Å². The quantitative estimate of drug-likeness (QED) is 0.739. The number of hydrogen-bond acceptors (Lipinski definition) is 4. The Bertz CT molecular complexity index is 333. The summed E-state index contributed by atoms with van der Waals surface area (Å²) in [6, 6.07) is 0. The number of rotatable bonds is 6. The van der Waals surface area contributed by atoms with Crippen LogP contribution in [0.3, 0.4) is 0 Å². The number of sulfone groups is 1. The first-order chi connectivity index (χ1) is 7.06. The predicted molar refractivity (Wildman–Crippen MR) is 63.0 cm³/mol. The number of carbonyl (C=O) groups excluding carboxylic acids is 1. The summed E-state index contributed by atoms with van der Waals surface area (Å²) in [5.74, 6) is -0.301. The van der Waals surface area contributed by atoms with Crippen molar-refractivity contribution in [3.05, 3.63) is 0 Å². The Hall–Kier alpha value is -0.620. The zero-order chi connectivity index (χ0) is 13.0. The molecule has 0 saturated heterocycles. The lowest BCUT2D eigenvalue weighted by Crippen LogP contribution is -2.44. The lowest BCUT2D eigenvalue weighted by molar-refractivity contribution is -0.127. The van der Waals surface area contributed by atoms with Gasteiger partial charge in [0.05, 0.1) is 10.9 Å². The maximum Gasteiger partial charge on any atom is 0.246 e. The average molecular weight is 251 g/mol. The van der Waals surface area contributed by atoms with Crippen LogP contribution in [-0.4, -0.2) is 44.6 Å². The van der Waals surface area contributed by atoms with Crippen molar-refractivity contribution in [2.24, 2.45) is 0 Å². The van der Waals surface area contributed by atoms with Crippen molar-refractivity contribution in [1.29, 1.82) is 0 Å². The van der Waals surface area contributed by atoms with Crippen LogP contribution in [0.25, 0.3) is 0 Å². The molecular formula is C10H21NO4S. The van der Waals surface area contributed by atoms with Crippen molar-refractivity contribution in [3.8, 4) is 0 Å². The van der Waals surface area contributed by atoms with Gasteiger partial charge in [0.15, 0.2) is 9.84 Å². The van der Waals surface area contributed by atoms with Gasteiger partial charge in [0.1, 0.15) is 6.61 Å². The molecule has 0 bridgehead atoms. The summed E-state index contributed by atoms with van der Waals surface area (Å²) in [6.45, 7) is 6.85. The monoisotopic (exact) mass is 251 g/mol. The molecule has 0 radical (unpaired) electrons. The van der Waals surface area contributed by atoms with Crippen molar-refractivity contribution in [2.75, 3.05) is 19.4 Å². The van der Waals surface area contributed by atoms with Crippen LogP contribution in [0.5, 0.6) is 0 Å². The van der Waals surface area contributed by atoms with Gasteiger partial charge in [-0.3, -0.25) is 4.79 Å². The molecule has 0 heterocycles. The fourth-order valence-electron chi connectivity index (χ4n) is 0.736. The molecule has 1 N–H and O–H groups in total. The van der Waals surface area contributed by atoms with Crippen LogP contribution in [0.1, 0.15) is 27.7 Å². The van der Waals surface area contributed by atoms with E-state index in [1.807, 2.05) is 13.8 Å². The molecule has 96 valence electrons. The zero-order valence-corrected chi connectivity index (χ0v) is 11.3. The van der Waals surface area contributed by atoms with Gasteiger partial charge in [-0.25, -0.2) is 8.42 Å². The number of amides is 1. The topological polar surface area (TPSA) is 72.5 Å². The number of carbonyl (C=O) groups is 1. The highest BCUT2D eigenvalue weighted by Crippen LogP contribution is 2.13. The minimum absolute atomic E-state index is 0.0198. The molecular weight excluding hydrogens is 230 g/mol. The number of ether oxygens (including phenoxy) is 1. The van der Waals surface area contributed by atoms with Gasteiger partial charge >= 0.3 is 0 Å². The molecule has 0 aromatic heterocycles. The number of nitrogens with one attached hydrogen (secondary N) is 1. The highest BCUT2D eigenvalue weighted by Gasteiger charge is 2.30. The lowest BCUT2D eigenvalue weighted by atomic mass is 10.2. The molecule has 0 saturated carbocycles. The Morgan fingerprint density at radius 1 is 1.38 bits per heavy atom. The van der Waals surface area contributed by atoms with Crippen LogP contribution < -0.4 is 5.32 Å². The van der Waals surface area contributed by atoms with Crippen molar-refractivity contribution in [1.82, 2.24) is 5.32 Å². The highest BCUT2D eigenvalue weighted by atomic mass is 32.2. The Balaban J connectivity index is 4.11. The SMILES string of the molecule is CC(C)OCC(=O)NCC(C)(C)S(C)(=O)=O. The van der Waals surface area contributed by atoms with E-state index in [4.69, 9.17) is 4.74 Å². The predicted octanol–water partition coefficient (Wildman–Crippen LogP) is 0.351. The average Bonchev–Trinajstić information content (AvgIpc) is 2.09. The van der Waals surface area contributed by atoms with Crippen LogP contribution in [0.15, 0.2) is 0 Å². The maximum atomic E-state index is 11.3. The fraction of sp³-hybridized carbons (Fsp3) is 0.900. The summed E-state index contributed by atoms with van der Waals surface area (Å²) in [4.78, 5) is 11.3. The van der Waals surface area contributed by atoms with E-state index in [-0.39, 0.29) is 25.2 Å². The number of hydrogen-bond donors (Lipinski definition) is 1. The minimum Gasteiger partial charge on any atom is -0.369 e. The molecule has 1 amide bonds. The first-order valence-corrected chi connectivity index (χ1v) is 7.03. The minimum atomic E-state index is -3.18. The van der Waals surface area contributed by atoms with Crippen molar-refractivity contribution in [2.45, 2.75) is 38.5 Å². The molecule has 0 aliphatic rings. The van der Waals surface area contributed by atoms with E-state index in [2.05, 4.69) is 5.32 Å². The summed E-state index contributed by atoms with van der Waals surface area (Å²) >= 11 is 0. The normalized spacial score (nSPS) is 12.9. The Morgan fingerprint density at radius 3 is 2.25 bits per heavy atom. The fourth-order valence-corrected chi connectivity index (χ4v) is 1.07. The lowest BCUT2D eigenvalue weighted by Gasteiger charge is -2.22. The van der Waals surface area contributed by atoms with Crippen molar-refractivity contribution >= 4 is 15.7 Å². The second-order valence-corrected chi connectivity index (χ2v) is 7.32. The smallest absolute Gasteiger partial charge is 0.246 e. The summed E-state index contributed by atoms with van der Waals surface area (Å²) in [6.07, 6.45) is 1.14. The summed E-state index contributed by atoms with van der Waals surface area (Å²) in [5, 5.41) is 2.54. The Labute approximate surface area is 97.5 Å². The molecule has 16 heavy (non-hydrogen) atoms. The molecule has 0 spiro atoms. The third kappa shape index (κ3) is 5.46. The largest absolute Gasteiger partial charge is 0.369 e. The highest BCUT2D eigenvalue weighted by molar-refractivity contribution is 7.92. The van der Waals surface area contributed by atoms with Gasteiger partial charge in [-0.15, -0.1) is 0 Å². The van der Waals surface area contributed by atoms with Gasteiger partial charge in [0.25, 0.3) is 0 Å². The zero-order valence-electron chi connectivity index (χ0n) is 10.5. The van der Waals surface area contributed by atoms with E-state index in [0.29, 0.717) is 0 Å². The van der Waals surface area contributed by atoms with E-state index < -0.39 is 14.6 Å². The van der Waals surface area contributed by atoms with Crippen LogP contribution in [0.4, 0.5) is 0 Å². The van der Waals surface area contributed by atoms with Crippen molar-refractivity contribution in [3.63, 3.8) is 0 Å². The van der Waals surface area contributed by atoms with E-state index in [0.717, 1.165) is 6.26 Å². The third-order valence-electron chi connectivity index (χ3n) is 2.26. The summed E-state index contributed by atoms with van der Waals surface area (Å²) < 4.78 is 26.8. The van der Waals surface area contributed by atoms with Gasteiger partial charge in [-0.2, -0.15) is 0 Å². The molecule has 0 fully saturated rings. The molecule has 0 rings (SSSR count). The van der Waals surface area contributed by atoms with Gasteiger partial charge in [-0.1, -0.05) is 0 Å². The van der Waals surface area contributed by atoms with Gasteiger partial charge in [0.2, 0.25) is 5.91 Å². The van der Waals surface area contributed by atoms with Crippen molar-refractivity contribution < 1.29 is 17.9 Å². The van der Waals surface area contributed by atoms with E-state index >= 15 is 0 Å². The van der Waals surface area contributed by atoms with Crippen LogP contribution in [-0.2, 0) is 19.4 Å². The van der Waals surface area contributed by atoms with Gasteiger partial charge in [-0.05, 0) is 27.7 Å². The first kappa shape index (κ1) is 15.4. The molecule has 0 atom stereocenters. The molecule has 6 heteroatoms. The molecule has 5 nitrogen and oxygen atoms in total. The Kier molecular flexibility index (Phi) is 5.41. The summed E-state index contributed by atoms with van der Waals surface area (Å²) in [5.41, 5.74) is 0. The first-order valence-electron chi connectivity index (χ1n) is 5.14. The molecule has 0 aliphatic carbocycles. The molecule has 0 unspecified atom stereocenters. The molecule has 0 aliphatic heterocycles. The second-order valence-electron chi connectivity index (χ2n) is 4.67. The Morgan fingerprint density at radius 2 is 1.88 bits per heavy atom. The maximum absolute atomic E-state index is 11.3. The summed E-state index contributed by atoms with van der Waals surface area (Å²) in [7, 11) is -3.18. The second kappa shape index (κ2) is 5.63. The van der Waals surface area contributed by atoms with Crippen LogP contribution in [0.2, 0.25) is 0 Å². The van der Waals surface area contributed by atoms with E-state index in [1.165, 1.54) is 0 Å². The standard InChI is InChI=1S/C10H21NO4S/c1-8(2)15-6-9(12)11-7-10(3,4)16(5,13)14/h8H,6-7H2,1-5H3,(H,11,12). The van der Waals surface area contributed by atoms with E-state index in [9.17, 15) is 13.2 Å².